The van der Waals surface area contributed by atoms with Crippen molar-refractivity contribution < 1.29 is 13.7 Å². The van der Waals surface area contributed by atoms with E-state index in [0.717, 1.165) is 46.5 Å². The highest BCUT2D eigenvalue weighted by atomic mass is 19.1. The van der Waals surface area contributed by atoms with Gasteiger partial charge in [0.1, 0.15) is 11.6 Å². The van der Waals surface area contributed by atoms with Crippen molar-refractivity contribution in [2.24, 2.45) is 5.10 Å². The molecule has 1 aromatic heterocycles. The van der Waals surface area contributed by atoms with Crippen molar-refractivity contribution in [3.05, 3.63) is 63.8 Å². The summed E-state index contributed by atoms with van der Waals surface area (Å²) >= 11 is 0. The Labute approximate surface area is 165 Å². The highest BCUT2D eigenvalue weighted by molar-refractivity contribution is 5.98. The Kier molecular flexibility index (Phi) is 7.26. The molecule has 0 aliphatic rings. The summed E-state index contributed by atoms with van der Waals surface area (Å²) in [5.41, 5.74) is 5.56. The number of aromatic nitrogens is 1. The third kappa shape index (κ3) is 5.62. The normalized spacial score (nSPS) is 12.8. The van der Waals surface area contributed by atoms with Gasteiger partial charge in [-0.05, 0) is 70.7 Å². The Morgan fingerprint density at radius 2 is 1.93 bits per heavy atom. The van der Waals surface area contributed by atoms with Crippen LogP contribution in [-0.4, -0.2) is 21.8 Å². The third-order valence-electron chi connectivity index (χ3n) is 4.98. The van der Waals surface area contributed by atoms with E-state index < -0.39 is 0 Å². The van der Waals surface area contributed by atoms with E-state index in [4.69, 9.17) is 4.52 Å². The van der Waals surface area contributed by atoms with Crippen LogP contribution in [0.15, 0.2) is 45.0 Å². The van der Waals surface area contributed by atoms with E-state index in [1.165, 1.54) is 18.0 Å². The van der Waals surface area contributed by atoms with Gasteiger partial charge in [-0.1, -0.05) is 22.9 Å². The minimum atomic E-state index is -0.218. The number of rotatable bonds is 7. The Bertz CT molecular complexity index is 893. The topological polar surface area (TPSA) is 58.7 Å². The van der Waals surface area contributed by atoms with Gasteiger partial charge in [-0.2, -0.15) is 5.10 Å². The molecule has 0 aliphatic carbocycles. The molecule has 2 aromatic rings. The number of hydrazone groups is 1. The lowest BCUT2D eigenvalue weighted by atomic mass is 10.00. The van der Waals surface area contributed by atoms with Crippen LogP contribution >= 0.6 is 0 Å². The zero-order valence-corrected chi connectivity index (χ0v) is 17.5. The number of hydrogen-bond donors (Lipinski definition) is 0. The van der Waals surface area contributed by atoms with Crippen LogP contribution in [0.25, 0.3) is 0 Å². The van der Waals surface area contributed by atoms with Crippen molar-refractivity contribution in [3.63, 3.8) is 0 Å². The van der Waals surface area contributed by atoms with E-state index in [9.17, 15) is 9.18 Å². The highest BCUT2D eigenvalue weighted by Gasteiger charge is 2.16. The van der Waals surface area contributed by atoms with Gasteiger partial charge in [0, 0.05) is 12.5 Å². The first-order chi connectivity index (χ1) is 13.2. The molecule has 0 radical (unpaired) electrons. The molecular weight excluding hydrogens is 357 g/mol. The van der Waals surface area contributed by atoms with Crippen molar-refractivity contribution in [3.8, 4) is 0 Å². The van der Waals surface area contributed by atoms with Crippen molar-refractivity contribution in [2.45, 2.75) is 60.9 Å². The molecule has 0 saturated carbocycles. The quantitative estimate of drug-likeness (QED) is 0.491. The molecule has 28 heavy (non-hydrogen) atoms. The van der Waals surface area contributed by atoms with Crippen LogP contribution in [0.2, 0.25) is 0 Å². The molecule has 5 nitrogen and oxygen atoms in total. The minimum absolute atomic E-state index is 0.149. The molecule has 0 bridgehead atoms. The smallest absolute Gasteiger partial charge is 0.239 e. The number of aryl methyl sites for hydroxylation is 3. The molecule has 0 atom stereocenters. The van der Waals surface area contributed by atoms with Crippen molar-refractivity contribution in [2.75, 3.05) is 0 Å². The van der Waals surface area contributed by atoms with Crippen LogP contribution in [0.3, 0.4) is 0 Å². The summed E-state index contributed by atoms with van der Waals surface area (Å²) in [7, 11) is 0. The SMILES string of the molecule is CC(=O)N(Cc1c(C)noc1C)/N=C(C)\C(C)=C(/C)CCc1cccc(F)c1. The molecular formula is C22H28FN3O2. The molecule has 0 unspecified atom stereocenters. The van der Waals surface area contributed by atoms with Crippen LogP contribution < -0.4 is 0 Å². The molecule has 0 saturated heterocycles. The molecule has 0 spiro atoms. The number of carbonyl (C=O) groups is 1. The number of amides is 1. The van der Waals surface area contributed by atoms with Crippen molar-refractivity contribution in [1.82, 2.24) is 10.2 Å². The molecule has 0 N–H and O–H groups in total. The third-order valence-corrected chi connectivity index (χ3v) is 4.98. The predicted molar refractivity (Wildman–Crippen MR) is 108 cm³/mol. The maximum atomic E-state index is 13.3. The van der Waals surface area contributed by atoms with Gasteiger partial charge in [0.2, 0.25) is 5.91 Å². The summed E-state index contributed by atoms with van der Waals surface area (Å²) in [6.45, 7) is 11.4. The zero-order chi connectivity index (χ0) is 20.8. The van der Waals surface area contributed by atoms with E-state index >= 15 is 0 Å². The monoisotopic (exact) mass is 385 g/mol. The minimum Gasteiger partial charge on any atom is -0.361 e. The number of nitrogens with zero attached hydrogens (tertiary/aromatic N) is 3. The summed E-state index contributed by atoms with van der Waals surface area (Å²) in [6, 6.07) is 6.66. The summed E-state index contributed by atoms with van der Waals surface area (Å²) in [5, 5.41) is 9.90. The van der Waals surface area contributed by atoms with E-state index in [1.54, 1.807) is 12.1 Å². The maximum absolute atomic E-state index is 13.3. The summed E-state index contributed by atoms with van der Waals surface area (Å²) in [5.74, 6) is 0.324. The second-order valence-corrected chi connectivity index (χ2v) is 7.10. The van der Waals surface area contributed by atoms with Crippen LogP contribution in [0.1, 0.15) is 56.7 Å². The van der Waals surface area contributed by atoms with Gasteiger partial charge < -0.3 is 4.52 Å². The first-order valence-corrected chi connectivity index (χ1v) is 9.35. The standard InChI is InChI=1S/C22H28FN3O2/c1-14(10-11-20-8-7-9-21(23)12-20)15(2)16(3)24-26(19(6)27)13-22-17(4)25-28-18(22)5/h7-9,12H,10-11,13H2,1-6H3/b15-14+,24-16-. The Morgan fingerprint density at radius 1 is 1.21 bits per heavy atom. The lowest BCUT2D eigenvalue weighted by Crippen LogP contribution is -2.24. The van der Waals surface area contributed by atoms with Gasteiger partial charge >= 0.3 is 0 Å². The fourth-order valence-corrected chi connectivity index (χ4v) is 2.87. The number of carbonyl (C=O) groups excluding carboxylic acids is 1. The molecule has 1 heterocycles. The van der Waals surface area contributed by atoms with Crippen LogP contribution in [0.4, 0.5) is 4.39 Å². The van der Waals surface area contributed by atoms with E-state index in [2.05, 4.69) is 10.3 Å². The zero-order valence-electron chi connectivity index (χ0n) is 17.5. The molecule has 150 valence electrons. The van der Waals surface area contributed by atoms with Crippen LogP contribution in [0.5, 0.6) is 0 Å². The fourth-order valence-electron chi connectivity index (χ4n) is 2.87. The Balaban J connectivity index is 2.14. The molecule has 1 aromatic carbocycles. The molecule has 6 heteroatoms. The maximum Gasteiger partial charge on any atom is 0.239 e. The lowest BCUT2D eigenvalue weighted by Gasteiger charge is -2.17. The summed E-state index contributed by atoms with van der Waals surface area (Å²) in [4.78, 5) is 12.1. The molecule has 0 aliphatic heterocycles. The number of allylic oxidation sites excluding steroid dienone is 2. The van der Waals surface area contributed by atoms with E-state index in [1.807, 2.05) is 40.7 Å². The number of benzene rings is 1. The van der Waals surface area contributed by atoms with Gasteiger partial charge in [0.25, 0.3) is 0 Å². The lowest BCUT2D eigenvalue weighted by molar-refractivity contribution is -0.129. The van der Waals surface area contributed by atoms with Gasteiger partial charge in [0.05, 0.1) is 18.0 Å². The van der Waals surface area contributed by atoms with Crippen molar-refractivity contribution >= 4 is 11.6 Å². The van der Waals surface area contributed by atoms with Crippen LogP contribution in [-0.2, 0) is 17.8 Å². The summed E-state index contributed by atoms with van der Waals surface area (Å²) < 4.78 is 18.5. The van der Waals surface area contributed by atoms with E-state index in [-0.39, 0.29) is 11.7 Å². The van der Waals surface area contributed by atoms with Gasteiger partial charge in [0.15, 0.2) is 0 Å². The largest absolute Gasteiger partial charge is 0.361 e. The average Bonchev–Trinajstić information content (AvgIpc) is 2.96. The van der Waals surface area contributed by atoms with Gasteiger partial charge in [-0.15, -0.1) is 0 Å². The highest BCUT2D eigenvalue weighted by Crippen LogP contribution is 2.18. The summed E-state index contributed by atoms with van der Waals surface area (Å²) in [6.07, 6.45) is 1.55. The Morgan fingerprint density at radius 3 is 2.50 bits per heavy atom. The fraction of sp³-hybridized carbons (Fsp3) is 0.409. The number of halogens is 1. The second-order valence-electron chi connectivity index (χ2n) is 7.10. The first-order valence-electron chi connectivity index (χ1n) is 9.35. The van der Waals surface area contributed by atoms with Gasteiger partial charge in [-0.25, -0.2) is 9.40 Å². The molecule has 2 rings (SSSR count). The van der Waals surface area contributed by atoms with Crippen molar-refractivity contribution in [1.29, 1.82) is 0 Å². The second kappa shape index (κ2) is 9.44. The van der Waals surface area contributed by atoms with Crippen LogP contribution in [0, 0.1) is 19.7 Å². The number of hydrogen-bond acceptors (Lipinski definition) is 4. The molecule has 1 amide bonds. The van der Waals surface area contributed by atoms with Gasteiger partial charge in [-0.3, -0.25) is 4.79 Å². The average molecular weight is 385 g/mol. The van der Waals surface area contributed by atoms with E-state index in [0.29, 0.717) is 12.3 Å². The first kappa shape index (κ1) is 21.5. The molecule has 0 fully saturated rings. The predicted octanol–water partition coefficient (Wildman–Crippen LogP) is 5.12. The Hall–Kier alpha value is -2.76.